The van der Waals surface area contributed by atoms with Crippen molar-refractivity contribution in [3.05, 3.63) is 0 Å². The number of hydrogen-bond acceptors (Lipinski definition) is 3. The molecule has 0 aromatic carbocycles. The summed E-state index contributed by atoms with van der Waals surface area (Å²) in [4.78, 5) is 12.4. The molecule has 1 aliphatic heterocycles. The van der Waals surface area contributed by atoms with Crippen molar-refractivity contribution in [2.45, 2.75) is 50.3 Å². The molecule has 3 nitrogen and oxygen atoms in total. The van der Waals surface area contributed by atoms with E-state index in [0.29, 0.717) is 11.3 Å². The molecule has 98 valence electrons. The van der Waals surface area contributed by atoms with Crippen molar-refractivity contribution in [2.75, 3.05) is 19.3 Å². The minimum Gasteiger partial charge on any atom is -0.352 e. The number of nitrogens with one attached hydrogen (secondary N) is 2. The van der Waals surface area contributed by atoms with Gasteiger partial charge in [-0.3, -0.25) is 4.79 Å². The molecule has 1 saturated heterocycles. The zero-order chi connectivity index (χ0) is 12.3. The molecular weight excluding hydrogens is 232 g/mol. The van der Waals surface area contributed by atoms with E-state index >= 15 is 0 Å². The Labute approximate surface area is 108 Å². The quantitative estimate of drug-likeness (QED) is 0.809. The number of hydrogen-bond donors (Lipinski definition) is 2. The fraction of sp³-hybridized carbons (Fsp3) is 0.923. The molecule has 3 atom stereocenters. The van der Waals surface area contributed by atoms with Crippen LogP contribution < -0.4 is 10.6 Å². The van der Waals surface area contributed by atoms with Gasteiger partial charge in [-0.1, -0.05) is 6.42 Å². The van der Waals surface area contributed by atoms with Crippen molar-refractivity contribution >= 4 is 17.7 Å². The van der Waals surface area contributed by atoms with Crippen LogP contribution in [0.5, 0.6) is 0 Å². The Morgan fingerprint density at radius 1 is 1.41 bits per heavy atom. The summed E-state index contributed by atoms with van der Waals surface area (Å²) in [6.45, 7) is 3.98. The van der Waals surface area contributed by atoms with Gasteiger partial charge in [0.15, 0.2) is 0 Å². The molecule has 2 N–H and O–H groups in total. The van der Waals surface area contributed by atoms with Gasteiger partial charge in [-0.25, -0.2) is 0 Å². The lowest BCUT2D eigenvalue weighted by molar-refractivity contribution is -0.131. The van der Waals surface area contributed by atoms with Gasteiger partial charge in [-0.2, -0.15) is 11.8 Å². The van der Waals surface area contributed by atoms with E-state index < -0.39 is 0 Å². The van der Waals surface area contributed by atoms with E-state index in [2.05, 4.69) is 23.8 Å². The van der Waals surface area contributed by atoms with E-state index in [0.717, 1.165) is 32.4 Å². The first-order chi connectivity index (χ1) is 8.15. The first kappa shape index (κ1) is 13.2. The van der Waals surface area contributed by atoms with Crippen LogP contribution in [0.1, 0.15) is 39.0 Å². The predicted octanol–water partition coefficient (Wildman–Crippen LogP) is 1.78. The Balaban J connectivity index is 1.91. The minimum atomic E-state index is -0.191. The summed E-state index contributed by atoms with van der Waals surface area (Å²) in [5.74, 6) is 0.260. The molecule has 1 heterocycles. The molecule has 0 aromatic rings. The average Bonchev–Trinajstić information content (AvgIpc) is 2.77. The fourth-order valence-corrected chi connectivity index (χ4v) is 3.90. The molecule has 3 unspecified atom stereocenters. The predicted molar refractivity (Wildman–Crippen MR) is 73.3 cm³/mol. The lowest BCUT2D eigenvalue weighted by Gasteiger charge is -2.34. The average molecular weight is 256 g/mol. The molecule has 0 radical (unpaired) electrons. The van der Waals surface area contributed by atoms with Crippen LogP contribution >= 0.6 is 11.8 Å². The van der Waals surface area contributed by atoms with Gasteiger partial charge < -0.3 is 10.6 Å². The van der Waals surface area contributed by atoms with Crippen LogP contribution in [0.4, 0.5) is 0 Å². The van der Waals surface area contributed by atoms with Crippen LogP contribution in [-0.2, 0) is 4.79 Å². The third-order valence-corrected chi connectivity index (χ3v) is 5.39. The highest BCUT2D eigenvalue weighted by molar-refractivity contribution is 7.99. The summed E-state index contributed by atoms with van der Waals surface area (Å²) in [7, 11) is 0. The summed E-state index contributed by atoms with van der Waals surface area (Å²) in [5, 5.41) is 7.25. The second kappa shape index (κ2) is 5.61. The number of carbonyl (C=O) groups is 1. The van der Waals surface area contributed by atoms with E-state index in [-0.39, 0.29) is 11.3 Å². The molecule has 2 fully saturated rings. The number of rotatable bonds is 3. The zero-order valence-electron chi connectivity index (χ0n) is 10.9. The highest BCUT2D eigenvalue weighted by Gasteiger charge is 2.37. The summed E-state index contributed by atoms with van der Waals surface area (Å²) in [6, 6.07) is 0.399. The molecule has 0 spiro atoms. The number of amides is 1. The Bertz CT molecular complexity index is 277. The zero-order valence-corrected chi connectivity index (χ0v) is 11.7. The van der Waals surface area contributed by atoms with Gasteiger partial charge >= 0.3 is 0 Å². The first-order valence-corrected chi connectivity index (χ1v) is 7.99. The van der Waals surface area contributed by atoms with Crippen molar-refractivity contribution in [3.63, 3.8) is 0 Å². The molecule has 1 saturated carbocycles. The summed E-state index contributed by atoms with van der Waals surface area (Å²) >= 11 is 1.90. The van der Waals surface area contributed by atoms with Crippen LogP contribution in [0.3, 0.4) is 0 Å². The summed E-state index contributed by atoms with van der Waals surface area (Å²) in [6.07, 6.45) is 7.94. The van der Waals surface area contributed by atoms with E-state index in [1.807, 2.05) is 11.8 Å². The van der Waals surface area contributed by atoms with Crippen LogP contribution in [0.15, 0.2) is 0 Å². The van der Waals surface area contributed by atoms with E-state index in [1.165, 1.54) is 12.8 Å². The second-order valence-electron chi connectivity index (χ2n) is 5.63. The van der Waals surface area contributed by atoms with Crippen LogP contribution in [0.2, 0.25) is 0 Å². The summed E-state index contributed by atoms with van der Waals surface area (Å²) in [5.41, 5.74) is -0.191. The maximum atomic E-state index is 12.4. The minimum absolute atomic E-state index is 0.191. The monoisotopic (exact) mass is 256 g/mol. The van der Waals surface area contributed by atoms with Crippen LogP contribution in [0.25, 0.3) is 0 Å². The van der Waals surface area contributed by atoms with Gasteiger partial charge in [0.25, 0.3) is 0 Å². The molecule has 2 aliphatic rings. The third-order valence-electron chi connectivity index (χ3n) is 4.22. The lowest BCUT2D eigenvalue weighted by atomic mass is 9.81. The highest BCUT2D eigenvalue weighted by atomic mass is 32.2. The van der Waals surface area contributed by atoms with E-state index in [1.54, 1.807) is 0 Å². The third kappa shape index (κ3) is 2.97. The maximum Gasteiger partial charge on any atom is 0.227 e. The van der Waals surface area contributed by atoms with Crippen molar-refractivity contribution < 1.29 is 4.79 Å². The Hall–Kier alpha value is -0.220. The maximum absolute atomic E-state index is 12.4. The second-order valence-corrected chi connectivity index (χ2v) is 6.70. The van der Waals surface area contributed by atoms with Gasteiger partial charge in [0.05, 0.1) is 5.41 Å². The lowest BCUT2D eigenvalue weighted by Crippen LogP contribution is -2.52. The fourth-order valence-electron chi connectivity index (χ4n) is 2.97. The Morgan fingerprint density at radius 2 is 2.24 bits per heavy atom. The van der Waals surface area contributed by atoms with E-state index in [4.69, 9.17) is 0 Å². The van der Waals surface area contributed by atoms with Gasteiger partial charge in [-0.15, -0.1) is 0 Å². The number of carbonyl (C=O) groups excluding carboxylic acids is 1. The van der Waals surface area contributed by atoms with Gasteiger partial charge in [0.1, 0.15) is 0 Å². The van der Waals surface area contributed by atoms with Gasteiger partial charge in [0, 0.05) is 17.8 Å². The van der Waals surface area contributed by atoms with Crippen LogP contribution in [0, 0.1) is 5.41 Å². The van der Waals surface area contributed by atoms with Crippen molar-refractivity contribution in [1.29, 1.82) is 0 Å². The number of thioether (sulfide) groups is 1. The molecule has 17 heavy (non-hydrogen) atoms. The smallest absolute Gasteiger partial charge is 0.227 e. The molecular formula is C13H24N2OS. The standard InChI is InChI=1S/C13H24N2OS/c1-13(7-4-8-14-9-13)12(16)15-10-5-3-6-11(10)17-2/h10-11,14H,3-9H2,1-2H3,(H,15,16). The molecule has 1 aliphatic carbocycles. The summed E-state index contributed by atoms with van der Waals surface area (Å²) < 4.78 is 0. The van der Waals surface area contributed by atoms with Gasteiger partial charge in [-0.05, 0) is 45.4 Å². The molecule has 1 amide bonds. The molecule has 0 bridgehead atoms. The first-order valence-electron chi connectivity index (χ1n) is 6.70. The Kier molecular flexibility index (Phi) is 4.36. The normalized spacial score (nSPS) is 38.0. The highest BCUT2D eigenvalue weighted by Crippen LogP contribution is 2.31. The van der Waals surface area contributed by atoms with E-state index in [9.17, 15) is 4.79 Å². The van der Waals surface area contributed by atoms with Gasteiger partial charge in [0.2, 0.25) is 5.91 Å². The van der Waals surface area contributed by atoms with Crippen molar-refractivity contribution in [2.24, 2.45) is 5.41 Å². The largest absolute Gasteiger partial charge is 0.352 e. The number of piperidine rings is 1. The molecule has 0 aromatic heterocycles. The molecule has 4 heteroatoms. The topological polar surface area (TPSA) is 41.1 Å². The molecule has 2 rings (SSSR count). The van der Waals surface area contributed by atoms with Crippen LogP contribution in [-0.4, -0.2) is 36.5 Å². The Morgan fingerprint density at radius 3 is 2.88 bits per heavy atom. The SMILES string of the molecule is CSC1CCCC1NC(=O)C1(C)CCCNC1. The van der Waals surface area contributed by atoms with Crippen molar-refractivity contribution in [1.82, 2.24) is 10.6 Å². The van der Waals surface area contributed by atoms with Crippen molar-refractivity contribution in [3.8, 4) is 0 Å².